The molecule has 37 heavy (non-hydrogen) atoms. The molecule has 0 unspecified atom stereocenters. The summed E-state index contributed by atoms with van der Waals surface area (Å²) in [4.78, 5) is 17.3. The molecule has 1 amide bonds. The van der Waals surface area contributed by atoms with Crippen molar-refractivity contribution < 1.29 is 19.0 Å². The number of nitrogens with one attached hydrogen (secondary N) is 2. The van der Waals surface area contributed by atoms with Gasteiger partial charge in [0.15, 0.2) is 23.1 Å². The summed E-state index contributed by atoms with van der Waals surface area (Å²) in [6, 6.07) is 17.7. The lowest BCUT2D eigenvalue weighted by molar-refractivity contribution is -0.120. The van der Waals surface area contributed by atoms with Gasteiger partial charge in [-0.3, -0.25) is 4.79 Å². The zero-order valence-corrected chi connectivity index (χ0v) is 20.6. The monoisotopic (exact) mass is 502 g/mol. The summed E-state index contributed by atoms with van der Waals surface area (Å²) in [5, 5.41) is 15.1. The smallest absolute Gasteiger partial charge is 0.231 e. The van der Waals surface area contributed by atoms with E-state index in [1.807, 2.05) is 24.3 Å². The third kappa shape index (κ3) is 5.39. The Labute approximate surface area is 215 Å². The maximum atomic E-state index is 12.8. The number of hydrogen-bond donors (Lipinski definition) is 2. The molecule has 2 N–H and O–H groups in total. The van der Waals surface area contributed by atoms with Gasteiger partial charge >= 0.3 is 0 Å². The van der Waals surface area contributed by atoms with E-state index < -0.39 is 0 Å². The number of morpholine rings is 1. The minimum Gasteiger partial charge on any atom is -0.454 e. The van der Waals surface area contributed by atoms with Crippen LogP contribution in [0.1, 0.15) is 12.8 Å². The second kappa shape index (κ2) is 10.5. The van der Waals surface area contributed by atoms with Crippen LogP contribution in [-0.4, -0.2) is 62.3 Å². The Morgan fingerprint density at radius 2 is 1.57 bits per heavy atom. The van der Waals surface area contributed by atoms with E-state index in [2.05, 4.69) is 54.9 Å². The van der Waals surface area contributed by atoms with Crippen molar-refractivity contribution >= 4 is 34.6 Å². The highest BCUT2D eigenvalue weighted by atomic mass is 16.7. The average molecular weight is 503 g/mol. The van der Waals surface area contributed by atoms with Crippen LogP contribution in [0.2, 0.25) is 0 Å². The zero-order chi connectivity index (χ0) is 25.0. The van der Waals surface area contributed by atoms with Crippen molar-refractivity contribution in [2.45, 2.75) is 12.8 Å². The Kier molecular flexibility index (Phi) is 6.64. The summed E-state index contributed by atoms with van der Waals surface area (Å²) in [6.45, 7) is 5.10. The van der Waals surface area contributed by atoms with Crippen LogP contribution in [0.3, 0.4) is 0 Å². The number of carbonyl (C=O) groups excluding carboxylic acids is 1. The van der Waals surface area contributed by atoms with Crippen molar-refractivity contribution in [1.82, 2.24) is 10.2 Å². The molecule has 2 aromatic carbocycles. The van der Waals surface area contributed by atoms with Gasteiger partial charge in [0.05, 0.1) is 13.2 Å². The van der Waals surface area contributed by atoms with Crippen molar-refractivity contribution in [2.75, 3.05) is 66.6 Å². The molecule has 4 heterocycles. The van der Waals surface area contributed by atoms with Crippen molar-refractivity contribution in [2.24, 2.45) is 5.92 Å². The van der Waals surface area contributed by atoms with Gasteiger partial charge in [0.1, 0.15) is 0 Å². The van der Waals surface area contributed by atoms with Crippen LogP contribution in [0.5, 0.6) is 11.5 Å². The zero-order valence-electron chi connectivity index (χ0n) is 20.6. The third-order valence-corrected chi connectivity index (χ3v) is 7.00. The van der Waals surface area contributed by atoms with E-state index >= 15 is 0 Å². The molecule has 0 radical (unpaired) electrons. The standard InChI is InChI=1S/C27H30N6O4/c34-27(29-21-3-6-23-24(17-21)37-18-36-23)19-9-11-33(12-10-19)26-8-7-25(30-31-26)28-20-1-4-22(5-2-20)32-13-15-35-16-14-32/h1-8,17,19H,9-16,18H2,(H,28,30)(H,29,34). The molecular formula is C27H30N6O4. The molecule has 0 spiro atoms. The van der Waals surface area contributed by atoms with Crippen molar-refractivity contribution in [3.05, 3.63) is 54.6 Å². The number of anilines is 5. The number of nitrogens with zero attached hydrogens (tertiary/aromatic N) is 4. The number of carbonyl (C=O) groups is 1. The number of aromatic nitrogens is 2. The molecular weight excluding hydrogens is 472 g/mol. The molecule has 3 aliphatic rings. The normalized spacial score (nSPS) is 17.5. The molecule has 3 aromatic rings. The van der Waals surface area contributed by atoms with Crippen LogP contribution in [-0.2, 0) is 9.53 Å². The maximum absolute atomic E-state index is 12.8. The van der Waals surface area contributed by atoms with Crippen LogP contribution < -0.4 is 29.9 Å². The lowest BCUT2D eigenvalue weighted by atomic mass is 9.96. The Morgan fingerprint density at radius 1 is 0.811 bits per heavy atom. The van der Waals surface area contributed by atoms with Gasteiger partial charge in [0.2, 0.25) is 12.7 Å². The van der Waals surface area contributed by atoms with E-state index in [9.17, 15) is 4.79 Å². The fourth-order valence-corrected chi connectivity index (χ4v) is 4.87. The van der Waals surface area contributed by atoms with Crippen molar-refractivity contribution in [3.63, 3.8) is 0 Å². The summed E-state index contributed by atoms with van der Waals surface area (Å²) >= 11 is 0. The highest BCUT2D eigenvalue weighted by Gasteiger charge is 2.26. The molecule has 1 aromatic heterocycles. The summed E-state index contributed by atoms with van der Waals surface area (Å²) in [5.41, 5.74) is 2.89. The Hall–Kier alpha value is -4.05. The van der Waals surface area contributed by atoms with E-state index in [-0.39, 0.29) is 18.6 Å². The van der Waals surface area contributed by atoms with Gasteiger partial charge in [-0.2, -0.15) is 0 Å². The predicted octanol–water partition coefficient (Wildman–Crippen LogP) is 3.64. The summed E-state index contributed by atoms with van der Waals surface area (Å²) in [5.74, 6) is 2.87. The second-order valence-electron chi connectivity index (χ2n) is 9.37. The van der Waals surface area contributed by atoms with Crippen LogP contribution in [0.4, 0.5) is 28.7 Å². The maximum Gasteiger partial charge on any atom is 0.231 e. The Morgan fingerprint density at radius 3 is 2.32 bits per heavy atom. The SMILES string of the molecule is O=C(Nc1ccc2c(c1)OCO2)C1CCN(c2ccc(Nc3ccc(N4CCOCC4)cc3)nn2)CC1. The molecule has 2 fully saturated rings. The van der Waals surface area contributed by atoms with Crippen LogP contribution in [0.25, 0.3) is 0 Å². The van der Waals surface area contributed by atoms with Crippen LogP contribution in [0, 0.1) is 5.92 Å². The van der Waals surface area contributed by atoms with E-state index in [4.69, 9.17) is 14.2 Å². The van der Waals surface area contributed by atoms with Gasteiger partial charge in [-0.1, -0.05) is 0 Å². The molecule has 0 aliphatic carbocycles. The average Bonchev–Trinajstić information content (AvgIpc) is 3.43. The number of amides is 1. The number of fused-ring (bicyclic) bond motifs is 1. The molecule has 10 nitrogen and oxygen atoms in total. The highest BCUT2D eigenvalue weighted by molar-refractivity contribution is 5.93. The number of rotatable bonds is 6. The van der Waals surface area contributed by atoms with Crippen molar-refractivity contribution in [1.29, 1.82) is 0 Å². The van der Waals surface area contributed by atoms with Crippen molar-refractivity contribution in [3.8, 4) is 11.5 Å². The first-order chi connectivity index (χ1) is 18.2. The van der Waals surface area contributed by atoms with Gasteiger partial charge < -0.3 is 34.6 Å². The van der Waals surface area contributed by atoms with Gasteiger partial charge in [-0.15, -0.1) is 10.2 Å². The molecule has 2 saturated heterocycles. The molecule has 0 saturated carbocycles. The summed E-state index contributed by atoms with van der Waals surface area (Å²) in [6.07, 6.45) is 1.51. The topological polar surface area (TPSA) is 101 Å². The minimum atomic E-state index is -0.0454. The number of piperidine rings is 1. The van der Waals surface area contributed by atoms with Gasteiger partial charge in [0.25, 0.3) is 0 Å². The fourth-order valence-electron chi connectivity index (χ4n) is 4.87. The lowest BCUT2D eigenvalue weighted by Gasteiger charge is -2.31. The predicted molar refractivity (Wildman–Crippen MR) is 141 cm³/mol. The molecule has 6 rings (SSSR count). The largest absolute Gasteiger partial charge is 0.454 e. The van der Waals surface area contributed by atoms with Crippen LogP contribution in [0.15, 0.2) is 54.6 Å². The second-order valence-corrected chi connectivity index (χ2v) is 9.37. The fraction of sp³-hybridized carbons (Fsp3) is 0.370. The van der Waals surface area contributed by atoms with E-state index in [0.717, 1.165) is 69.4 Å². The number of benzene rings is 2. The summed E-state index contributed by atoms with van der Waals surface area (Å²) < 4.78 is 16.2. The van der Waals surface area contributed by atoms with Gasteiger partial charge in [-0.05, 0) is 61.4 Å². The number of ether oxygens (including phenoxy) is 3. The molecule has 192 valence electrons. The minimum absolute atomic E-state index is 0.0313. The molecule has 0 bridgehead atoms. The Balaban J connectivity index is 0.993. The van der Waals surface area contributed by atoms with E-state index in [1.165, 1.54) is 5.69 Å². The van der Waals surface area contributed by atoms with Gasteiger partial charge in [0, 0.05) is 55.2 Å². The highest BCUT2D eigenvalue weighted by Crippen LogP contribution is 2.34. The molecule has 10 heteroatoms. The first-order valence-electron chi connectivity index (χ1n) is 12.7. The van der Waals surface area contributed by atoms with Crippen LogP contribution >= 0.6 is 0 Å². The third-order valence-electron chi connectivity index (χ3n) is 7.00. The Bertz CT molecular complexity index is 1220. The first kappa shape index (κ1) is 23.4. The molecule has 0 atom stereocenters. The van der Waals surface area contributed by atoms with Gasteiger partial charge in [-0.25, -0.2) is 0 Å². The summed E-state index contributed by atoms with van der Waals surface area (Å²) in [7, 11) is 0. The first-order valence-corrected chi connectivity index (χ1v) is 12.7. The lowest BCUT2D eigenvalue weighted by Crippen LogP contribution is -2.38. The quantitative estimate of drug-likeness (QED) is 0.523. The number of hydrogen-bond acceptors (Lipinski definition) is 9. The van der Waals surface area contributed by atoms with E-state index in [1.54, 1.807) is 6.07 Å². The molecule has 3 aliphatic heterocycles. The van der Waals surface area contributed by atoms with E-state index in [0.29, 0.717) is 17.3 Å².